The Morgan fingerprint density at radius 1 is 0.520 bits per heavy atom. The lowest BCUT2D eigenvalue weighted by molar-refractivity contribution is -0.150. The molecule has 0 aliphatic heterocycles. The molecule has 9 heteroatoms. The third-order valence-corrected chi connectivity index (χ3v) is 9.60. The number of nitrogens with one attached hydrogen (secondary N) is 2. The van der Waals surface area contributed by atoms with E-state index in [0.717, 1.165) is 57.8 Å². The lowest BCUT2D eigenvalue weighted by Gasteiger charge is -2.18. The molecule has 0 fully saturated rings. The number of carbonyl (C=O) groups excluding carboxylic acids is 3. The summed E-state index contributed by atoms with van der Waals surface area (Å²) in [6.07, 6.45) is 35.5. The summed E-state index contributed by atoms with van der Waals surface area (Å²) in [6.45, 7) is 3.49. The van der Waals surface area contributed by atoms with Crippen LogP contribution in [0, 0.1) is 0 Å². The van der Waals surface area contributed by atoms with Gasteiger partial charge >= 0.3 is 11.9 Å². The maximum absolute atomic E-state index is 12.7. The third kappa shape index (κ3) is 33.0. The Balaban J connectivity index is 4.27. The van der Waals surface area contributed by atoms with Crippen LogP contribution in [0.5, 0.6) is 0 Å². The van der Waals surface area contributed by atoms with Gasteiger partial charge in [-0.25, -0.2) is 4.79 Å². The fourth-order valence-corrected chi connectivity index (χ4v) is 6.36. The molecule has 0 saturated carbocycles. The lowest BCUT2D eigenvalue weighted by Crippen LogP contribution is -2.47. The van der Waals surface area contributed by atoms with E-state index in [2.05, 4.69) is 24.5 Å². The number of hydrogen-bond donors (Lipinski definition) is 4. The second kappa shape index (κ2) is 36.6. The van der Waals surface area contributed by atoms with Crippen molar-refractivity contribution >= 4 is 23.8 Å². The quantitative estimate of drug-likeness (QED) is 0.0369. The molecule has 0 aromatic rings. The number of aliphatic carboxylic acids is 1. The van der Waals surface area contributed by atoms with Crippen LogP contribution in [-0.4, -0.2) is 59.3 Å². The van der Waals surface area contributed by atoms with Crippen molar-refractivity contribution in [1.82, 2.24) is 10.6 Å². The Labute approximate surface area is 306 Å². The Kier molecular flexibility index (Phi) is 35.0. The first-order valence-electron chi connectivity index (χ1n) is 20.9. The molecule has 294 valence electrons. The normalized spacial score (nSPS) is 12.4. The number of rotatable bonds is 38. The number of esters is 1. The summed E-state index contributed by atoms with van der Waals surface area (Å²) in [5.74, 6) is -2.27. The number of amides is 2. The number of aliphatic hydroxyl groups excluding tert-OH is 1. The van der Waals surface area contributed by atoms with Gasteiger partial charge in [-0.3, -0.25) is 14.4 Å². The second-order valence-corrected chi connectivity index (χ2v) is 14.4. The predicted molar refractivity (Wildman–Crippen MR) is 204 cm³/mol. The van der Waals surface area contributed by atoms with E-state index in [0.29, 0.717) is 19.3 Å². The zero-order valence-corrected chi connectivity index (χ0v) is 32.4. The van der Waals surface area contributed by atoms with Crippen LogP contribution in [0.1, 0.15) is 213 Å². The van der Waals surface area contributed by atoms with Gasteiger partial charge < -0.3 is 25.6 Å². The van der Waals surface area contributed by atoms with E-state index < -0.39 is 24.5 Å². The molecule has 2 atom stereocenters. The summed E-state index contributed by atoms with van der Waals surface area (Å²) in [5.41, 5.74) is 0. The Hall–Kier alpha value is -2.16. The van der Waals surface area contributed by atoms with E-state index in [1.54, 1.807) is 0 Å². The SMILES string of the molecule is CCCCCCCCCCCCCC(=O)OC(CCCCCCCCCCCCC)CCCCCCCC(=O)NCC(=O)NC(CO)C(=O)O. The number of carbonyl (C=O) groups is 4. The van der Waals surface area contributed by atoms with E-state index in [4.69, 9.17) is 14.9 Å². The van der Waals surface area contributed by atoms with Gasteiger partial charge in [-0.05, 0) is 38.5 Å². The molecular weight excluding hydrogens is 632 g/mol. The number of carboxylic acid groups (broad SMARTS) is 1. The zero-order chi connectivity index (χ0) is 36.9. The minimum absolute atomic E-state index is 0.00254. The van der Waals surface area contributed by atoms with Crippen LogP contribution < -0.4 is 10.6 Å². The molecule has 0 radical (unpaired) electrons. The van der Waals surface area contributed by atoms with E-state index in [9.17, 15) is 19.2 Å². The molecule has 4 N–H and O–H groups in total. The average Bonchev–Trinajstić information content (AvgIpc) is 3.10. The number of hydrogen-bond acceptors (Lipinski definition) is 6. The van der Waals surface area contributed by atoms with Gasteiger partial charge in [-0.1, -0.05) is 162 Å². The average molecular weight is 711 g/mol. The van der Waals surface area contributed by atoms with Gasteiger partial charge in [0.25, 0.3) is 0 Å². The van der Waals surface area contributed by atoms with Crippen molar-refractivity contribution in [2.75, 3.05) is 13.2 Å². The number of carboxylic acids is 1. The Morgan fingerprint density at radius 2 is 0.900 bits per heavy atom. The number of ether oxygens (including phenoxy) is 1. The fraction of sp³-hybridized carbons (Fsp3) is 0.902. The topological polar surface area (TPSA) is 142 Å². The molecule has 0 aliphatic rings. The third-order valence-electron chi connectivity index (χ3n) is 9.60. The molecule has 2 unspecified atom stereocenters. The minimum Gasteiger partial charge on any atom is -0.480 e. The molecule has 0 rings (SSSR count). The summed E-state index contributed by atoms with van der Waals surface area (Å²) in [5, 5.41) is 22.5. The maximum atomic E-state index is 12.7. The molecule has 50 heavy (non-hydrogen) atoms. The highest BCUT2D eigenvalue weighted by molar-refractivity contribution is 5.87. The standard InChI is InChI=1S/C41H78N2O7/c1-3-5-7-9-11-13-15-17-19-22-26-30-36(50-40(47)33-29-25-20-18-16-14-12-10-8-6-4-2)31-27-23-21-24-28-32-38(45)42-34-39(46)43-37(35-44)41(48)49/h36-37,44H,3-35H2,1-2H3,(H,42,45)(H,43,46)(H,48,49). The first kappa shape index (κ1) is 47.8. The van der Waals surface area contributed by atoms with Crippen LogP contribution in [0.2, 0.25) is 0 Å². The second-order valence-electron chi connectivity index (χ2n) is 14.4. The fourth-order valence-electron chi connectivity index (χ4n) is 6.36. The first-order valence-corrected chi connectivity index (χ1v) is 20.9. The summed E-state index contributed by atoms with van der Waals surface area (Å²) in [4.78, 5) is 47.4. The smallest absolute Gasteiger partial charge is 0.328 e. The zero-order valence-electron chi connectivity index (χ0n) is 32.4. The highest BCUT2D eigenvalue weighted by atomic mass is 16.5. The molecule has 0 aromatic carbocycles. The van der Waals surface area contributed by atoms with E-state index in [1.165, 1.54) is 122 Å². The number of unbranched alkanes of at least 4 members (excludes halogenated alkanes) is 24. The van der Waals surface area contributed by atoms with E-state index in [-0.39, 0.29) is 24.5 Å². The van der Waals surface area contributed by atoms with Crippen LogP contribution >= 0.6 is 0 Å². The summed E-state index contributed by atoms with van der Waals surface area (Å²) in [6, 6.07) is -1.38. The molecule has 0 spiro atoms. The van der Waals surface area contributed by atoms with Gasteiger partial charge in [-0.2, -0.15) is 0 Å². The van der Waals surface area contributed by atoms with Gasteiger partial charge in [0.2, 0.25) is 11.8 Å². The molecule has 9 nitrogen and oxygen atoms in total. The monoisotopic (exact) mass is 711 g/mol. The van der Waals surface area contributed by atoms with E-state index in [1.807, 2.05) is 0 Å². The van der Waals surface area contributed by atoms with Crippen molar-refractivity contribution in [2.45, 2.75) is 225 Å². The minimum atomic E-state index is -1.38. The molecule has 2 amide bonds. The Morgan fingerprint density at radius 3 is 1.30 bits per heavy atom. The maximum Gasteiger partial charge on any atom is 0.328 e. The van der Waals surface area contributed by atoms with Crippen LogP contribution in [0.4, 0.5) is 0 Å². The highest BCUT2D eigenvalue weighted by Gasteiger charge is 2.19. The molecular formula is C41H78N2O7. The largest absolute Gasteiger partial charge is 0.480 e. The molecule has 0 aromatic heterocycles. The van der Waals surface area contributed by atoms with Crippen LogP contribution in [0.3, 0.4) is 0 Å². The van der Waals surface area contributed by atoms with Crippen molar-refractivity contribution in [3.63, 3.8) is 0 Å². The van der Waals surface area contributed by atoms with Crippen LogP contribution in [0.25, 0.3) is 0 Å². The van der Waals surface area contributed by atoms with Crippen LogP contribution in [0.15, 0.2) is 0 Å². The predicted octanol–water partition coefficient (Wildman–Crippen LogP) is 9.71. The van der Waals surface area contributed by atoms with Crippen molar-refractivity contribution in [1.29, 1.82) is 0 Å². The highest BCUT2D eigenvalue weighted by Crippen LogP contribution is 2.19. The van der Waals surface area contributed by atoms with Gasteiger partial charge in [0.05, 0.1) is 13.2 Å². The van der Waals surface area contributed by atoms with Crippen molar-refractivity contribution < 1.29 is 34.1 Å². The molecule has 0 heterocycles. The van der Waals surface area contributed by atoms with Gasteiger partial charge in [0.1, 0.15) is 12.1 Å². The van der Waals surface area contributed by atoms with E-state index >= 15 is 0 Å². The van der Waals surface area contributed by atoms with Crippen molar-refractivity contribution in [3.8, 4) is 0 Å². The Bertz CT molecular complexity index is 823. The first-order chi connectivity index (χ1) is 24.3. The van der Waals surface area contributed by atoms with Gasteiger partial charge in [0, 0.05) is 12.8 Å². The van der Waals surface area contributed by atoms with Gasteiger partial charge in [-0.15, -0.1) is 0 Å². The van der Waals surface area contributed by atoms with Crippen molar-refractivity contribution in [3.05, 3.63) is 0 Å². The lowest BCUT2D eigenvalue weighted by atomic mass is 10.0. The molecule has 0 bridgehead atoms. The number of aliphatic hydroxyl groups is 1. The van der Waals surface area contributed by atoms with Crippen molar-refractivity contribution in [2.24, 2.45) is 0 Å². The summed E-state index contributed by atoms with van der Waals surface area (Å²) < 4.78 is 6.01. The summed E-state index contributed by atoms with van der Waals surface area (Å²) in [7, 11) is 0. The van der Waals surface area contributed by atoms with Crippen LogP contribution in [-0.2, 0) is 23.9 Å². The van der Waals surface area contributed by atoms with Gasteiger partial charge in [0.15, 0.2) is 0 Å². The molecule has 0 saturated heterocycles. The summed E-state index contributed by atoms with van der Waals surface area (Å²) >= 11 is 0. The molecule has 0 aliphatic carbocycles.